The van der Waals surface area contributed by atoms with Crippen LogP contribution in [-0.4, -0.2) is 11.2 Å². The Labute approximate surface area is 57.1 Å². The Morgan fingerprint density at radius 2 is 1.89 bits per heavy atom. The Morgan fingerprint density at radius 3 is 2.33 bits per heavy atom. The van der Waals surface area contributed by atoms with Crippen LogP contribution < -0.4 is 0 Å². The number of rotatable bonds is 0. The van der Waals surface area contributed by atoms with E-state index in [0.29, 0.717) is 5.92 Å². The minimum atomic E-state index is -0.0197. The molecule has 0 radical (unpaired) electrons. The van der Waals surface area contributed by atoms with Crippen molar-refractivity contribution in [3.63, 3.8) is 0 Å². The molecule has 1 N–H and O–H groups in total. The fraction of sp³-hybridized carbons (Fsp3) is 1.00. The second kappa shape index (κ2) is 2.70. The smallest absolute Gasteiger partial charge is 0.0568 e. The quantitative estimate of drug-likeness (QED) is 0.527. The molecule has 1 heteroatoms. The zero-order chi connectivity index (χ0) is 6.85. The second-order valence-electron chi connectivity index (χ2n) is 3.46. The van der Waals surface area contributed by atoms with E-state index in [-0.39, 0.29) is 6.10 Å². The van der Waals surface area contributed by atoms with Gasteiger partial charge in [-0.25, -0.2) is 0 Å². The highest BCUT2D eigenvalue weighted by molar-refractivity contribution is 4.74. The number of hydrogen-bond acceptors (Lipinski definition) is 1. The maximum Gasteiger partial charge on any atom is 0.0568 e. The molecule has 1 nitrogen and oxygen atoms in total. The summed E-state index contributed by atoms with van der Waals surface area (Å²) in [7, 11) is 0. The molecule has 1 aliphatic rings. The molecule has 1 aliphatic carbocycles. The minimum Gasteiger partial charge on any atom is -0.393 e. The van der Waals surface area contributed by atoms with Gasteiger partial charge in [0, 0.05) is 0 Å². The summed E-state index contributed by atoms with van der Waals surface area (Å²) in [6.45, 7) is 4.35. The van der Waals surface area contributed by atoms with Crippen molar-refractivity contribution in [2.24, 2.45) is 11.8 Å². The number of aliphatic hydroxyl groups is 1. The van der Waals surface area contributed by atoms with Gasteiger partial charge in [-0.3, -0.25) is 0 Å². The standard InChI is InChI=1S/C8H16O/c1-6-3-4-7(2)8(9)5-6/h6-9H,3-5H2,1-2H3/t6-,7-,8+/m1/s1. The van der Waals surface area contributed by atoms with Crippen molar-refractivity contribution in [3.8, 4) is 0 Å². The lowest BCUT2D eigenvalue weighted by molar-refractivity contribution is 0.0577. The molecule has 1 rings (SSSR count). The van der Waals surface area contributed by atoms with Gasteiger partial charge in [0.15, 0.2) is 0 Å². The molecule has 0 aromatic rings. The molecule has 1 fully saturated rings. The molecule has 0 unspecified atom stereocenters. The molecule has 0 spiro atoms. The van der Waals surface area contributed by atoms with Gasteiger partial charge in [-0.2, -0.15) is 0 Å². The van der Waals surface area contributed by atoms with Gasteiger partial charge in [-0.1, -0.05) is 20.3 Å². The highest BCUT2D eigenvalue weighted by atomic mass is 16.3. The van der Waals surface area contributed by atoms with Gasteiger partial charge in [0.25, 0.3) is 0 Å². The Bertz CT molecular complexity index is 90.6. The number of aliphatic hydroxyl groups excluding tert-OH is 1. The first-order valence-electron chi connectivity index (χ1n) is 3.88. The van der Waals surface area contributed by atoms with Gasteiger partial charge >= 0.3 is 0 Å². The third-order valence-corrected chi connectivity index (χ3v) is 2.42. The van der Waals surface area contributed by atoms with Crippen LogP contribution in [0.4, 0.5) is 0 Å². The zero-order valence-electron chi connectivity index (χ0n) is 6.30. The third kappa shape index (κ3) is 1.68. The summed E-state index contributed by atoms with van der Waals surface area (Å²) >= 11 is 0. The van der Waals surface area contributed by atoms with Crippen LogP contribution in [0.2, 0.25) is 0 Å². The molecule has 0 aliphatic heterocycles. The first kappa shape index (κ1) is 7.07. The lowest BCUT2D eigenvalue weighted by Gasteiger charge is -2.28. The lowest BCUT2D eigenvalue weighted by Crippen LogP contribution is -2.25. The lowest BCUT2D eigenvalue weighted by atomic mass is 9.82. The molecule has 0 heterocycles. The van der Waals surface area contributed by atoms with E-state index in [0.717, 1.165) is 12.3 Å². The Morgan fingerprint density at radius 1 is 1.22 bits per heavy atom. The molecule has 0 amide bonds. The van der Waals surface area contributed by atoms with Crippen LogP contribution in [-0.2, 0) is 0 Å². The van der Waals surface area contributed by atoms with Crippen LogP contribution in [0, 0.1) is 11.8 Å². The van der Waals surface area contributed by atoms with E-state index in [1.54, 1.807) is 0 Å². The van der Waals surface area contributed by atoms with Crippen molar-refractivity contribution in [1.29, 1.82) is 0 Å². The SMILES string of the molecule is C[C@@H]1CC[C@@H](C)[C@@H](O)C1. The van der Waals surface area contributed by atoms with Crippen molar-refractivity contribution in [1.82, 2.24) is 0 Å². The summed E-state index contributed by atoms with van der Waals surface area (Å²) < 4.78 is 0. The Kier molecular flexibility index (Phi) is 2.12. The molecule has 0 aromatic carbocycles. The maximum atomic E-state index is 9.35. The van der Waals surface area contributed by atoms with Gasteiger partial charge in [0.2, 0.25) is 0 Å². The normalized spacial score (nSPS) is 45.0. The summed E-state index contributed by atoms with van der Waals surface area (Å²) in [6, 6.07) is 0. The van der Waals surface area contributed by atoms with Gasteiger partial charge in [-0.05, 0) is 24.7 Å². The molecule has 9 heavy (non-hydrogen) atoms. The highest BCUT2D eigenvalue weighted by Gasteiger charge is 2.22. The largest absolute Gasteiger partial charge is 0.393 e. The minimum absolute atomic E-state index is 0.0197. The van der Waals surface area contributed by atoms with Crippen molar-refractivity contribution in [3.05, 3.63) is 0 Å². The molecular weight excluding hydrogens is 112 g/mol. The molecule has 0 aromatic heterocycles. The molecule has 0 saturated heterocycles. The molecule has 54 valence electrons. The van der Waals surface area contributed by atoms with Crippen molar-refractivity contribution < 1.29 is 5.11 Å². The predicted octanol–water partition coefficient (Wildman–Crippen LogP) is 1.80. The van der Waals surface area contributed by atoms with Crippen LogP contribution in [0.5, 0.6) is 0 Å². The van der Waals surface area contributed by atoms with Crippen LogP contribution in [0.1, 0.15) is 33.1 Å². The van der Waals surface area contributed by atoms with E-state index >= 15 is 0 Å². The summed E-state index contributed by atoms with van der Waals surface area (Å²) in [5, 5.41) is 9.35. The van der Waals surface area contributed by atoms with Gasteiger partial charge in [0.1, 0.15) is 0 Å². The van der Waals surface area contributed by atoms with E-state index in [4.69, 9.17) is 0 Å². The highest BCUT2D eigenvalue weighted by Crippen LogP contribution is 2.27. The summed E-state index contributed by atoms with van der Waals surface area (Å²) in [5.74, 6) is 1.29. The van der Waals surface area contributed by atoms with Gasteiger partial charge < -0.3 is 5.11 Å². The van der Waals surface area contributed by atoms with E-state index < -0.39 is 0 Å². The average Bonchev–Trinajstić information content (AvgIpc) is 1.80. The average molecular weight is 128 g/mol. The predicted molar refractivity (Wildman–Crippen MR) is 38.2 cm³/mol. The second-order valence-corrected chi connectivity index (χ2v) is 3.46. The van der Waals surface area contributed by atoms with Gasteiger partial charge in [0.05, 0.1) is 6.10 Å². The van der Waals surface area contributed by atoms with Crippen molar-refractivity contribution in [2.45, 2.75) is 39.2 Å². The fourth-order valence-corrected chi connectivity index (χ4v) is 1.50. The van der Waals surface area contributed by atoms with E-state index in [1.165, 1.54) is 12.8 Å². The van der Waals surface area contributed by atoms with Crippen LogP contribution >= 0.6 is 0 Å². The third-order valence-electron chi connectivity index (χ3n) is 2.42. The molecule has 3 atom stereocenters. The number of hydrogen-bond donors (Lipinski definition) is 1. The summed E-state index contributed by atoms with van der Waals surface area (Å²) in [5.41, 5.74) is 0. The maximum absolute atomic E-state index is 9.35. The topological polar surface area (TPSA) is 20.2 Å². The van der Waals surface area contributed by atoms with Crippen molar-refractivity contribution in [2.75, 3.05) is 0 Å². The molecule has 1 saturated carbocycles. The van der Waals surface area contributed by atoms with Crippen LogP contribution in [0.25, 0.3) is 0 Å². The first-order valence-corrected chi connectivity index (χ1v) is 3.88. The monoisotopic (exact) mass is 128 g/mol. The zero-order valence-corrected chi connectivity index (χ0v) is 6.30. The van der Waals surface area contributed by atoms with Gasteiger partial charge in [-0.15, -0.1) is 0 Å². The molecule has 0 bridgehead atoms. The van der Waals surface area contributed by atoms with Crippen LogP contribution in [0.3, 0.4) is 0 Å². The van der Waals surface area contributed by atoms with E-state index in [1.807, 2.05) is 0 Å². The van der Waals surface area contributed by atoms with Crippen LogP contribution in [0.15, 0.2) is 0 Å². The summed E-state index contributed by atoms with van der Waals surface area (Å²) in [6.07, 6.45) is 3.51. The fourth-order valence-electron chi connectivity index (χ4n) is 1.50. The van der Waals surface area contributed by atoms with E-state index in [2.05, 4.69) is 13.8 Å². The first-order chi connectivity index (χ1) is 4.20. The van der Waals surface area contributed by atoms with Crippen molar-refractivity contribution >= 4 is 0 Å². The Hall–Kier alpha value is -0.0400. The van der Waals surface area contributed by atoms with E-state index in [9.17, 15) is 5.11 Å². The molecular formula is C8H16O. The summed E-state index contributed by atoms with van der Waals surface area (Å²) in [4.78, 5) is 0. The Balaban J connectivity index is 2.35.